The van der Waals surface area contributed by atoms with Crippen LogP contribution in [-0.2, 0) is 9.53 Å². The van der Waals surface area contributed by atoms with E-state index >= 15 is 0 Å². The van der Waals surface area contributed by atoms with Gasteiger partial charge in [0.25, 0.3) is 0 Å². The van der Waals surface area contributed by atoms with Gasteiger partial charge in [-0.05, 0) is 31.4 Å². The standard InChI is InChI=1S/C15H18N2O3/c1-2-14(18)20-15-11-7-3-4-8-12(11)17(16-15)13-9-5-6-10-19-13/h3-4,7-8,13H,2,5-6,9-10H2,1H3. The van der Waals surface area contributed by atoms with E-state index in [1.807, 2.05) is 28.9 Å². The highest BCUT2D eigenvalue weighted by molar-refractivity contribution is 5.87. The van der Waals surface area contributed by atoms with E-state index in [0.717, 1.165) is 36.8 Å². The third-order valence-corrected chi connectivity index (χ3v) is 3.51. The number of aromatic nitrogens is 2. The van der Waals surface area contributed by atoms with Crippen molar-refractivity contribution in [1.29, 1.82) is 0 Å². The van der Waals surface area contributed by atoms with Crippen molar-refractivity contribution in [1.82, 2.24) is 9.78 Å². The molecule has 20 heavy (non-hydrogen) atoms. The second-order valence-corrected chi connectivity index (χ2v) is 4.92. The maximum Gasteiger partial charge on any atom is 0.312 e. The fraction of sp³-hybridized carbons (Fsp3) is 0.467. The molecule has 0 bridgehead atoms. The molecule has 106 valence electrons. The molecule has 1 aliphatic rings. The molecule has 1 unspecified atom stereocenters. The highest BCUT2D eigenvalue weighted by atomic mass is 16.5. The van der Waals surface area contributed by atoms with E-state index in [1.54, 1.807) is 6.92 Å². The summed E-state index contributed by atoms with van der Waals surface area (Å²) in [5.41, 5.74) is 0.943. The molecule has 1 fully saturated rings. The summed E-state index contributed by atoms with van der Waals surface area (Å²) in [4.78, 5) is 11.5. The number of esters is 1. The SMILES string of the molecule is CCC(=O)Oc1nn(C2CCCCO2)c2ccccc12. The number of ether oxygens (including phenoxy) is 2. The first-order valence-electron chi connectivity index (χ1n) is 7.09. The van der Waals surface area contributed by atoms with Crippen LogP contribution in [0.5, 0.6) is 5.88 Å². The molecule has 3 rings (SSSR count). The number of hydrogen-bond acceptors (Lipinski definition) is 4. The first kappa shape index (κ1) is 13.1. The summed E-state index contributed by atoms with van der Waals surface area (Å²) >= 11 is 0. The van der Waals surface area contributed by atoms with Gasteiger partial charge in [0.15, 0.2) is 6.23 Å². The number of carbonyl (C=O) groups is 1. The van der Waals surface area contributed by atoms with E-state index < -0.39 is 0 Å². The molecule has 1 saturated heterocycles. The summed E-state index contributed by atoms with van der Waals surface area (Å²) < 4.78 is 12.9. The topological polar surface area (TPSA) is 53.3 Å². The fourth-order valence-electron chi connectivity index (χ4n) is 2.45. The fourth-order valence-corrected chi connectivity index (χ4v) is 2.45. The van der Waals surface area contributed by atoms with E-state index in [9.17, 15) is 4.79 Å². The molecule has 5 heteroatoms. The lowest BCUT2D eigenvalue weighted by atomic mass is 10.2. The van der Waals surface area contributed by atoms with Crippen LogP contribution in [-0.4, -0.2) is 22.4 Å². The van der Waals surface area contributed by atoms with Crippen molar-refractivity contribution >= 4 is 16.9 Å². The van der Waals surface area contributed by atoms with Crippen molar-refractivity contribution in [3.63, 3.8) is 0 Å². The maximum absolute atomic E-state index is 11.5. The average molecular weight is 274 g/mol. The lowest BCUT2D eigenvalue weighted by molar-refractivity contribution is -0.134. The van der Waals surface area contributed by atoms with Crippen LogP contribution in [0, 0.1) is 0 Å². The lowest BCUT2D eigenvalue weighted by Gasteiger charge is -2.23. The van der Waals surface area contributed by atoms with Gasteiger partial charge in [-0.3, -0.25) is 4.79 Å². The van der Waals surface area contributed by atoms with Crippen molar-refractivity contribution in [2.45, 2.75) is 38.8 Å². The maximum atomic E-state index is 11.5. The minimum atomic E-state index is -0.273. The van der Waals surface area contributed by atoms with E-state index in [2.05, 4.69) is 5.10 Å². The zero-order valence-electron chi connectivity index (χ0n) is 11.5. The van der Waals surface area contributed by atoms with Gasteiger partial charge in [0.1, 0.15) is 0 Å². The van der Waals surface area contributed by atoms with E-state index in [4.69, 9.17) is 9.47 Å². The summed E-state index contributed by atoms with van der Waals surface area (Å²) in [6.45, 7) is 2.52. The van der Waals surface area contributed by atoms with Gasteiger partial charge in [-0.2, -0.15) is 0 Å². The second-order valence-electron chi connectivity index (χ2n) is 4.92. The Labute approximate surface area is 117 Å². The number of fused-ring (bicyclic) bond motifs is 1. The van der Waals surface area contributed by atoms with E-state index in [-0.39, 0.29) is 12.2 Å². The Kier molecular flexibility index (Phi) is 3.69. The van der Waals surface area contributed by atoms with Crippen LogP contribution in [0.2, 0.25) is 0 Å². The largest absolute Gasteiger partial charge is 0.405 e. The molecule has 1 aromatic carbocycles. The summed E-state index contributed by atoms with van der Waals surface area (Å²) in [5.74, 6) is 0.103. The van der Waals surface area contributed by atoms with Crippen molar-refractivity contribution < 1.29 is 14.3 Å². The van der Waals surface area contributed by atoms with Crippen LogP contribution in [0.25, 0.3) is 10.9 Å². The zero-order chi connectivity index (χ0) is 13.9. The summed E-state index contributed by atoms with van der Waals surface area (Å²) in [7, 11) is 0. The van der Waals surface area contributed by atoms with Crippen LogP contribution in [0.1, 0.15) is 38.8 Å². The first-order chi connectivity index (χ1) is 9.79. The first-order valence-corrected chi connectivity index (χ1v) is 7.09. The monoisotopic (exact) mass is 274 g/mol. The molecule has 0 spiro atoms. The molecule has 2 heterocycles. The van der Waals surface area contributed by atoms with Crippen molar-refractivity contribution in [3.05, 3.63) is 24.3 Å². The Bertz CT molecular complexity index is 615. The van der Waals surface area contributed by atoms with Crippen LogP contribution < -0.4 is 4.74 Å². The molecule has 0 amide bonds. The third-order valence-electron chi connectivity index (χ3n) is 3.51. The Hall–Kier alpha value is -1.88. The molecule has 2 aromatic rings. The minimum Gasteiger partial charge on any atom is -0.405 e. The molecule has 0 N–H and O–H groups in total. The molecule has 0 aliphatic carbocycles. The quantitative estimate of drug-likeness (QED) is 0.807. The van der Waals surface area contributed by atoms with Crippen LogP contribution in [0.3, 0.4) is 0 Å². The van der Waals surface area contributed by atoms with Gasteiger partial charge in [0.2, 0.25) is 5.88 Å². The van der Waals surface area contributed by atoms with Gasteiger partial charge in [-0.25, -0.2) is 4.68 Å². The van der Waals surface area contributed by atoms with Crippen molar-refractivity contribution in [3.8, 4) is 5.88 Å². The molecule has 5 nitrogen and oxygen atoms in total. The number of hydrogen-bond donors (Lipinski definition) is 0. The van der Waals surface area contributed by atoms with Gasteiger partial charge in [-0.1, -0.05) is 19.1 Å². The Balaban J connectivity index is 2.01. The Morgan fingerprint density at radius 2 is 2.30 bits per heavy atom. The Morgan fingerprint density at radius 1 is 1.45 bits per heavy atom. The van der Waals surface area contributed by atoms with Gasteiger partial charge in [-0.15, -0.1) is 5.10 Å². The summed E-state index contributed by atoms with van der Waals surface area (Å²) in [6, 6.07) is 7.76. The average Bonchev–Trinajstić information content (AvgIpc) is 2.87. The van der Waals surface area contributed by atoms with Gasteiger partial charge in [0.05, 0.1) is 10.9 Å². The lowest BCUT2D eigenvalue weighted by Crippen LogP contribution is -2.19. The van der Waals surface area contributed by atoms with E-state index in [0.29, 0.717) is 12.3 Å². The predicted molar refractivity (Wildman–Crippen MR) is 74.5 cm³/mol. The predicted octanol–water partition coefficient (Wildman–Crippen LogP) is 3.05. The van der Waals surface area contributed by atoms with Gasteiger partial charge < -0.3 is 9.47 Å². The highest BCUT2D eigenvalue weighted by Crippen LogP contribution is 2.31. The second kappa shape index (κ2) is 5.63. The Morgan fingerprint density at radius 3 is 3.05 bits per heavy atom. The van der Waals surface area contributed by atoms with Crippen molar-refractivity contribution in [2.75, 3.05) is 6.61 Å². The molecule has 1 atom stereocenters. The number of carbonyl (C=O) groups excluding carboxylic acids is 1. The number of nitrogens with zero attached hydrogens (tertiary/aromatic N) is 2. The van der Waals surface area contributed by atoms with Gasteiger partial charge >= 0.3 is 5.97 Å². The molecule has 0 saturated carbocycles. The molecule has 1 aromatic heterocycles. The van der Waals surface area contributed by atoms with Crippen molar-refractivity contribution in [2.24, 2.45) is 0 Å². The minimum absolute atomic E-state index is 0.0669. The molecule has 0 radical (unpaired) electrons. The normalized spacial score (nSPS) is 19.1. The highest BCUT2D eigenvalue weighted by Gasteiger charge is 2.22. The molecular formula is C15H18N2O3. The molecule has 1 aliphatic heterocycles. The summed E-state index contributed by atoms with van der Waals surface area (Å²) in [5, 5.41) is 5.30. The number of benzene rings is 1. The number of rotatable bonds is 3. The zero-order valence-corrected chi connectivity index (χ0v) is 11.5. The number of para-hydroxylation sites is 1. The smallest absolute Gasteiger partial charge is 0.312 e. The summed E-state index contributed by atoms with van der Waals surface area (Å²) in [6.07, 6.45) is 3.42. The van der Waals surface area contributed by atoms with Gasteiger partial charge in [0, 0.05) is 13.0 Å². The van der Waals surface area contributed by atoms with Crippen LogP contribution in [0.4, 0.5) is 0 Å². The molecular weight excluding hydrogens is 256 g/mol. The van der Waals surface area contributed by atoms with Crippen LogP contribution in [0.15, 0.2) is 24.3 Å². The third kappa shape index (κ3) is 2.41. The van der Waals surface area contributed by atoms with Crippen LogP contribution >= 0.6 is 0 Å². The van der Waals surface area contributed by atoms with E-state index in [1.165, 1.54) is 0 Å².